The molecule has 0 radical (unpaired) electrons. The lowest BCUT2D eigenvalue weighted by Gasteiger charge is -2.10. The average Bonchev–Trinajstić information content (AvgIpc) is 2.60. The largest absolute Gasteiger partial charge is 0.508 e. The number of hydrogen-bond donors (Lipinski definition) is 2. The third-order valence-electron chi connectivity index (χ3n) is 3.90. The van der Waals surface area contributed by atoms with E-state index in [1.165, 1.54) is 22.3 Å². The van der Waals surface area contributed by atoms with Crippen LogP contribution < -0.4 is 0 Å². The number of rotatable bonds is 1. The third kappa shape index (κ3) is 2.42. The Bertz CT molecular complexity index is 684. The second-order valence-corrected chi connectivity index (χ2v) is 5.41. The van der Waals surface area contributed by atoms with E-state index in [4.69, 9.17) is 0 Å². The molecule has 2 N–H and O–H groups in total. The minimum atomic E-state index is 0.311. The lowest BCUT2D eigenvalue weighted by molar-refractivity contribution is 0.474. The normalized spacial score (nSPS) is 14.3. The maximum atomic E-state index is 9.59. The molecule has 0 spiro atoms. The Kier molecular flexibility index (Phi) is 3.23. The molecule has 0 saturated heterocycles. The molecule has 102 valence electrons. The second-order valence-electron chi connectivity index (χ2n) is 5.41. The molecule has 0 heterocycles. The Labute approximate surface area is 119 Å². The summed E-state index contributed by atoms with van der Waals surface area (Å²) in [5.74, 6) is 0.646. The number of aryl methyl sites for hydroxylation is 2. The van der Waals surface area contributed by atoms with Crippen molar-refractivity contribution in [3.63, 3.8) is 0 Å². The van der Waals surface area contributed by atoms with Crippen LogP contribution in [0.15, 0.2) is 36.4 Å². The van der Waals surface area contributed by atoms with Crippen LogP contribution in [-0.2, 0) is 6.42 Å². The summed E-state index contributed by atoms with van der Waals surface area (Å²) in [6.07, 6.45) is 5.28. The number of benzene rings is 2. The van der Waals surface area contributed by atoms with Crippen molar-refractivity contribution in [1.29, 1.82) is 0 Å². The van der Waals surface area contributed by atoms with E-state index in [9.17, 15) is 10.2 Å². The van der Waals surface area contributed by atoms with Gasteiger partial charge in [0.1, 0.15) is 11.5 Å². The van der Waals surface area contributed by atoms with Gasteiger partial charge in [0, 0.05) is 0 Å². The average molecular weight is 266 g/mol. The molecule has 0 amide bonds. The van der Waals surface area contributed by atoms with Crippen molar-refractivity contribution in [2.75, 3.05) is 0 Å². The van der Waals surface area contributed by atoms with Crippen molar-refractivity contribution in [3.8, 4) is 11.5 Å². The molecule has 2 nitrogen and oxygen atoms in total. The summed E-state index contributed by atoms with van der Waals surface area (Å²) >= 11 is 0. The van der Waals surface area contributed by atoms with Gasteiger partial charge in [0.15, 0.2) is 0 Å². The summed E-state index contributed by atoms with van der Waals surface area (Å²) in [5.41, 5.74) is 5.98. The number of fused-ring (bicyclic) bond motifs is 1. The monoisotopic (exact) mass is 266 g/mol. The number of hydrogen-bond acceptors (Lipinski definition) is 2. The van der Waals surface area contributed by atoms with Gasteiger partial charge < -0.3 is 10.2 Å². The molecule has 0 bridgehead atoms. The molecule has 20 heavy (non-hydrogen) atoms. The molecule has 3 rings (SSSR count). The van der Waals surface area contributed by atoms with Crippen molar-refractivity contribution < 1.29 is 10.2 Å². The van der Waals surface area contributed by atoms with E-state index in [1.807, 2.05) is 25.1 Å². The zero-order valence-electron chi connectivity index (χ0n) is 11.6. The quantitative estimate of drug-likeness (QED) is 0.808. The Hall–Kier alpha value is -2.22. The minimum Gasteiger partial charge on any atom is -0.508 e. The Morgan fingerprint density at radius 3 is 2.45 bits per heavy atom. The van der Waals surface area contributed by atoms with Gasteiger partial charge in [0.2, 0.25) is 0 Å². The first-order chi connectivity index (χ1) is 9.63. The van der Waals surface area contributed by atoms with E-state index in [1.54, 1.807) is 18.2 Å². The lowest BCUT2D eigenvalue weighted by Crippen LogP contribution is -1.88. The fraction of sp³-hybridized carbons (Fsp3) is 0.222. The molecule has 0 atom stereocenters. The zero-order valence-corrected chi connectivity index (χ0v) is 11.6. The Balaban J connectivity index is 2.07. The standard InChI is InChI=1S/C18H18O2/c1-12-9-16(19)7-8-18(12)15-4-2-3-13-11-17(20)6-5-14(13)10-15/h5-11,19-20H,2-4H2,1H3. The molecule has 2 aromatic rings. The number of phenols is 2. The summed E-state index contributed by atoms with van der Waals surface area (Å²) in [7, 11) is 0. The first kappa shape index (κ1) is 12.8. The van der Waals surface area contributed by atoms with Crippen LogP contribution in [0.5, 0.6) is 11.5 Å². The summed E-state index contributed by atoms with van der Waals surface area (Å²) < 4.78 is 0. The summed E-state index contributed by atoms with van der Waals surface area (Å²) in [4.78, 5) is 0. The van der Waals surface area contributed by atoms with Crippen molar-refractivity contribution in [1.82, 2.24) is 0 Å². The summed E-state index contributed by atoms with van der Waals surface area (Å²) in [6.45, 7) is 2.03. The highest BCUT2D eigenvalue weighted by Crippen LogP contribution is 2.33. The van der Waals surface area contributed by atoms with Crippen LogP contribution in [0, 0.1) is 6.92 Å². The molecule has 0 fully saturated rings. The van der Waals surface area contributed by atoms with Gasteiger partial charge in [-0.15, -0.1) is 0 Å². The van der Waals surface area contributed by atoms with E-state index < -0.39 is 0 Å². The highest BCUT2D eigenvalue weighted by atomic mass is 16.3. The second kappa shape index (κ2) is 5.04. The summed E-state index contributed by atoms with van der Waals surface area (Å²) in [6, 6.07) is 11.1. The molecular formula is C18H18O2. The van der Waals surface area contributed by atoms with Crippen LogP contribution in [0.3, 0.4) is 0 Å². The maximum absolute atomic E-state index is 9.59. The fourth-order valence-electron chi connectivity index (χ4n) is 2.90. The van der Waals surface area contributed by atoms with Crippen LogP contribution in [0.2, 0.25) is 0 Å². The zero-order chi connectivity index (χ0) is 14.1. The first-order valence-corrected chi connectivity index (χ1v) is 6.96. The third-order valence-corrected chi connectivity index (χ3v) is 3.90. The molecule has 0 aliphatic heterocycles. The number of allylic oxidation sites excluding steroid dienone is 1. The van der Waals surface area contributed by atoms with Crippen molar-refractivity contribution in [3.05, 3.63) is 58.7 Å². The highest BCUT2D eigenvalue weighted by Gasteiger charge is 2.12. The topological polar surface area (TPSA) is 40.5 Å². The Morgan fingerprint density at radius 1 is 0.900 bits per heavy atom. The van der Waals surface area contributed by atoms with Gasteiger partial charge in [-0.1, -0.05) is 18.2 Å². The van der Waals surface area contributed by atoms with Crippen molar-refractivity contribution in [2.24, 2.45) is 0 Å². The van der Waals surface area contributed by atoms with Crippen molar-refractivity contribution in [2.45, 2.75) is 26.2 Å². The highest BCUT2D eigenvalue weighted by molar-refractivity contribution is 5.84. The summed E-state index contributed by atoms with van der Waals surface area (Å²) in [5, 5.41) is 19.1. The van der Waals surface area contributed by atoms with Gasteiger partial charge in [-0.3, -0.25) is 0 Å². The molecule has 1 aliphatic carbocycles. The lowest BCUT2D eigenvalue weighted by atomic mass is 9.96. The first-order valence-electron chi connectivity index (χ1n) is 6.96. The van der Waals surface area contributed by atoms with Gasteiger partial charge in [0.05, 0.1) is 0 Å². The van der Waals surface area contributed by atoms with Crippen LogP contribution >= 0.6 is 0 Å². The van der Waals surface area contributed by atoms with Gasteiger partial charge in [-0.25, -0.2) is 0 Å². The van der Waals surface area contributed by atoms with Crippen molar-refractivity contribution >= 4 is 11.6 Å². The molecule has 0 saturated carbocycles. The van der Waals surface area contributed by atoms with E-state index in [0.717, 1.165) is 24.8 Å². The molecule has 2 aromatic carbocycles. The smallest absolute Gasteiger partial charge is 0.115 e. The molecular weight excluding hydrogens is 248 g/mol. The van der Waals surface area contributed by atoms with Crippen LogP contribution in [0.25, 0.3) is 11.6 Å². The number of aromatic hydroxyl groups is 2. The van der Waals surface area contributed by atoms with E-state index >= 15 is 0 Å². The molecule has 0 unspecified atom stereocenters. The predicted octanol–water partition coefficient (Wildman–Crippen LogP) is 4.28. The van der Waals surface area contributed by atoms with E-state index in [-0.39, 0.29) is 0 Å². The predicted molar refractivity (Wildman–Crippen MR) is 81.8 cm³/mol. The SMILES string of the molecule is Cc1cc(O)ccc1C1=Cc2ccc(O)cc2CCC1. The molecule has 0 aromatic heterocycles. The maximum Gasteiger partial charge on any atom is 0.115 e. The van der Waals surface area contributed by atoms with Crippen LogP contribution in [0.4, 0.5) is 0 Å². The van der Waals surface area contributed by atoms with Gasteiger partial charge in [-0.05, 0) is 78.3 Å². The Morgan fingerprint density at radius 2 is 1.65 bits per heavy atom. The fourth-order valence-corrected chi connectivity index (χ4v) is 2.90. The van der Waals surface area contributed by atoms with Crippen LogP contribution in [-0.4, -0.2) is 10.2 Å². The molecule has 1 aliphatic rings. The van der Waals surface area contributed by atoms with Gasteiger partial charge in [-0.2, -0.15) is 0 Å². The van der Waals surface area contributed by atoms with E-state index in [0.29, 0.717) is 11.5 Å². The number of phenolic OH excluding ortho intramolecular Hbond substituents is 2. The van der Waals surface area contributed by atoms with Gasteiger partial charge in [0.25, 0.3) is 0 Å². The van der Waals surface area contributed by atoms with Crippen LogP contribution in [0.1, 0.15) is 35.1 Å². The minimum absolute atomic E-state index is 0.311. The molecule has 2 heteroatoms. The van der Waals surface area contributed by atoms with E-state index in [2.05, 4.69) is 6.08 Å². The van der Waals surface area contributed by atoms with Gasteiger partial charge >= 0.3 is 0 Å².